The molecule has 2 heterocycles. The van der Waals surface area contributed by atoms with Gasteiger partial charge in [0, 0.05) is 16.3 Å². The largest absolute Gasteiger partial charge is 0.497 e. The van der Waals surface area contributed by atoms with Gasteiger partial charge in [-0.05, 0) is 42.3 Å². The first-order valence-electron chi connectivity index (χ1n) is 11.1. The summed E-state index contributed by atoms with van der Waals surface area (Å²) in [7, 11) is 1.62. The van der Waals surface area contributed by atoms with Crippen LogP contribution >= 0.6 is 11.6 Å². The molecule has 8 heteroatoms. The first kappa shape index (κ1) is 22.7. The summed E-state index contributed by atoms with van der Waals surface area (Å²) in [4.78, 5) is 19.6. The van der Waals surface area contributed by atoms with Crippen LogP contribution in [-0.2, 0) is 6.54 Å². The summed E-state index contributed by atoms with van der Waals surface area (Å²) < 4.78 is 11.0. The van der Waals surface area contributed by atoms with Crippen molar-refractivity contribution in [2.45, 2.75) is 19.5 Å². The maximum Gasteiger partial charge on any atom is 0.322 e. The number of benzene rings is 3. The van der Waals surface area contributed by atoms with Crippen molar-refractivity contribution >= 4 is 23.2 Å². The monoisotopic (exact) mass is 486 g/mol. The number of halogens is 1. The Morgan fingerprint density at radius 1 is 1.03 bits per heavy atom. The van der Waals surface area contributed by atoms with Crippen molar-refractivity contribution in [3.05, 3.63) is 107 Å². The van der Waals surface area contributed by atoms with Crippen molar-refractivity contribution in [2.75, 3.05) is 7.11 Å². The minimum Gasteiger partial charge on any atom is -0.497 e. The van der Waals surface area contributed by atoms with Crippen LogP contribution in [0.5, 0.6) is 5.75 Å². The lowest BCUT2D eigenvalue weighted by atomic mass is 9.94. The van der Waals surface area contributed by atoms with E-state index in [1.807, 2.05) is 73.7 Å². The second-order valence-corrected chi connectivity index (χ2v) is 8.59. The van der Waals surface area contributed by atoms with Crippen molar-refractivity contribution in [3.63, 3.8) is 0 Å². The fourth-order valence-electron chi connectivity index (χ4n) is 4.10. The highest BCUT2D eigenvalue weighted by Gasteiger charge is 2.35. The van der Waals surface area contributed by atoms with Gasteiger partial charge in [-0.25, -0.2) is 4.79 Å². The molecule has 0 bridgehead atoms. The lowest BCUT2D eigenvalue weighted by Crippen LogP contribution is -2.45. The zero-order valence-corrected chi connectivity index (χ0v) is 20.0. The van der Waals surface area contributed by atoms with Crippen LogP contribution in [0.15, 0.2) is 89.1 Å². The molecule has 1 aliphatic rings. The number of allylic oxidation sites excluding steroid dienone is 1. The molecule has 35 heavy (non-hydrogen) atoms. The molecule has 5 rings (SSSR count). The van der Waals surface area contributed by atoms with Crippen LogP contribution in [0.2, 0.25) is 5.02 Å². The highest BCUT2D eigenvalue weighted by atomic mass is 35.5. The van der Waals surface area contributed by atoms with Crippen molar-refractivity contribution in [1.29, 1.82) is 0 Å². The van der Waals surface area contributed by atoms with Crippen LogP contribution in [0.25, 0.3) is 17.0 Å². The molecule has 3 aromatic carbocycles. The van der Waals surface area contributed by atoms with Gasteiger partial charge in [-0.3, -0.25) is 4.90 Å². The molecule has 1 atom stereocenters. The van der Waals surface area contributed by atoms with Crippen LogP contribution in [0, 0.1) is 0 Å². The maximum absolute atomic E-state index is 13.2. The third kappa shape index (κ3) is 4.63. The molecular weight excluding hydrogens is 464 g/mol. The first-order chi connectivity index (χ1) is 17.0. The number of hydrogen-bond donors (Lipinski definition) is 1. The second kappa shape index (κ2) is 9.64. The van der Waals surface area contributed by atoms with E-state index in [9.17, 15) is 4.79 Å². The van der Waals surface area contributed by atoms with Gasteiger partial charge in [0.25, 0.3) is 5.89 Å². The summed E-state index contributed by atoms with van der Waals surface area (Å²) in [6.07, 6.45) is 0. The Hall–Kier alpha value is -4.10. The summed E-state index contributed by atoms with van der Waals surface area (Å²) in [5.74, 6) is 1.59. The SMILES string of the molecule is COc1ccc(CN2C(=O)NC(c3ccc(Cl)cc3)C(c3nc(-c4ccccc4)no3)=C2C)cc1. The van der Waals surface area contributed by atoms with Gasteiger partial charge in [0.1, 0.15) is 5.75 Å². The van der Waals surface area contributed by atoms with E-state index in [0.717, 1.165) is 33.7 Å². The van der Waals surface area contributed by atoms with Gasteiger partial charge in [0.2, 0.25) is 5.82 Å². The lowest BCUT2D eigenvalue weighted by Gasteiger charge is -2.35. The number of rotatable bonds is 6. The number of amides is 2. The third-order valence-corrected chi connectivity index (χ3v) is 6.24. The normalized spacial score (nSPS) is 15.8. The van der Waals surface area contributed by atoms with Crippen molar-refractivity contribution in [3.8, 4) is 17.1 Å². The van der Waals surface area contributed by atoms with Gasteiger partial charge in [0.15, 0.2) is 0 Å². The Balaban J connectivity index is 1.57. The average molecular weight is 487 g/mol. The molecule has 1 aliphatic heterocycles. The number of nitrogens with zero attached hydrogens (tertiary/aromatic N) is 3. The third-order valence-electron chi connectivity index (χ3n) is 5.99. The minimum absolute atomic E-state index is 0.218. The van der Waals surface area contributed by atoms with E-state index in [0.29, 0.717) is 23.3 Å². The Morgan fingerprint density at radius 3 is 2.43 bits per heavy atom. The molecule has 1 unspecified atom stereocenters. The number of methoxy groups -OCH3 is 1. The van der Waals surface area contributed by atoms with E-state index >= 15 is 0 Å². The fourth-order valence-corrected chi connectivity index (χ4v) is 4.23. The molecule has 1 N–H and O–H groups in total. The molecule has 176 valence electrons. The predicted octanol–water partition coefficient (Wildman–Crippen LogP) is 6.10. The predicted molar refractivity (Wildman–Crippen MR) is 134 cm³/mol. The summed E-state index contributed by atoms with van der Waals surface area (Å²) in [5.41, 5.74) is 4.13. The molecule has 0 fully saturated rings. The first-order valence-corrected chi connectivity index (χ1v) is 11.5. The van der Waals surface area contributed by atoms with E-state index in [-0.39, 0.29) is 6.03 Å². The van der Waals surface area contributed by atoms with E-state index in [2.05, 4.69) is 15.5 Å². The average Bonchev–Trinajstić information content (AvgIpc) is 3.37. The van der Waals surface area contributed by atoms with E-state index in [1.54, 1.807) is 24.1 Å². The Bertz CT molecular complexity index is 1370. The molecule has 0 aliphatic carbocycles. The zero-order chi connectivity index (χ0) is 24.4. The number of nitrogens with one attached hydrogen (secondary N) is 1. The molecule has 4 aromatic rings. The number of hydrogen-bond acceptors (Lipinski definition) is 5. The van der Waals surface area contributed by atoms with Crippen LogP contribution in [0.4, 0.5) is 4.79 Å². The smallest absolute Gasteiger partial charge is 0.322 e. The number of urea groups is 1. The highest BCUT2D eigenvalue weighted by molar-refractivity contribution is 6.30. The topological polar surface area (TPSA) is 80.5 Å². The van der Waals surface area contributed by atoms with Gasteiger partial charge in [0.05, 0.1) is 25.3 Å². The standard InChI is InChI=1S/C27H23ClN4O3/c1-17-23(26-30-25(31-35-26)20-6-4-3-5-7-20)24(19-10-12-21(28)13-11-19)29-27(33)32(17)16-18-8-14-22(34-2)15-9-18/h3-15,24H,16H2,1-2H3,(H,29,33). The molecule has 7 nitrogen and oxygen atoms in total. The van der Waals surface area contributed by atoms with E-state index in [1.165, 1.54) is 0 Å². The van der Waals surface area contributed by atoms with Gasteiger partial charge >= 0.3 is 6.03 Å². The fraction of sp³-hybridized carbons (Fsp3) is 0.148. The van der Waals surface area contributed by atoms with E-state index in [4.69, 9.17) is 20.9 Å². The Kier molecular flexibility index (Phi) is 6.25. The highest BCUT2D eigenvalue weighted by Crippen LogP contribution is 2.38. The summed E-state index contributed by atoms with van der Waals surface area (Å²) >= 11 is 6.11. The second-order valence-electron chi connectivity index (χ2n) is 8.16. The molecule has 0 saturated heterocycles. The van der Waals surface area contributed by atoms with Gasteiger partial charge in [-0.1, -0.05) is 71.4 Å². The number of aromatic nitrogens is 2. The van der Waals surface area contributed by atoms with E-state index < -0.39 is 6.04 Å². The Morgan fingerprint density at radius 2 is 1.74 bits per heavy atom. The molecule has 0 radical (unpaired) electrons. The van der Waals surface area contributed by atoms with Crippen molar-refractivity contribution < 1.29 is 14.1 Å². The Labute approximate surface area is 208 Å². The maximum atomic E-state index is 13.2. The van der Waals surface area contributed by atoms with Crippen LogP contribution in [-0.4, -0.2) is 28.2 Å². The van der Waals surface area contributed by atoms with Gasteiger partial charge < -0.3 is 14.6 Å². The quantitative estimate of drug-likeness (QED) is 0.356. The number of carbonyl (C=O) groups is 1. The van der Waals surface area contributed by atoms with Gasteiger partial charge in [-0.2, -0.15) is 4.98 Å². The molecule has 0 spiro atoms. The zero-order valence-electron chi connectivity index (χ0n) is 19.2. The number of carbonyl (C=O) groups excluding carboxylic acids is 1. The van der Waals surface area contributed by atoms with Crippen molar-refractivity contribution in [2.24, 2.45) is 0 Å². The summed E-state index contributed by atoms with van der Waals surface area (Å²) in [6, 6.07) is 23.9. The van der Waals surface area contributed by atoms with Crippen LogP contribution < -0.4 is 10.1 Å². The molecule has 2 amide bonds. The minimum atomic E-state index is -0.476. The van der Waals surface area contributed by atoms with Crippen molar-refractivity contribution in [1.82, 2.24) is 20.4 Å². The molecule has 1 aromatic heterocycles. The molecule has 0 saturated carbocycles. The lowest BCUT2D eigenvalue weighted by molar-refractivity contribution is 0.203. The van der Waals surface area contributed by atoms with Crippen LogP contribution in [0.1, 0.15) is 30.0 Å². The van der Waals surface area contributed by atoms with Crippen LogP contribution in [0.3, 0.4) is 0 Å². The summed E-state index contributed by atoms with van der Waals surface area (Å²) in [6.45, 7) is 2.27. The van der Waals surface area contributed by atoms with Gasteiger partial charge in [-0.15, -0.1) is 0 Å². The number of ether oxygens (including phenoxy) is 1. The molecular formula is C27H23ClN4O3. The summed E-state index contributed by atoms with van der Waals surface area (Å²) in [5, 5.41) is 7.92.